The highest BCUT2D eigenvalue weighted by molar-refractivity contribution is 14.1. The van der Waals surface area contributed by atoms with E-state index in [0.717, 1.165) is 25.9 Å². The number of fused-ring (bicyclic) bond motifs is 1. The SMILES string of the molecule is CC(C)(C)OC(=O)N1CCN(C(C)(C)c2cc3cncc(I)c3o2)C[C@H]1C(=O)OCc1ccccc1. The zero-order valence-electron chi connectivity index (χ0n) is 21.3. The number of hydrogen-bond acceptors (Lipinski definition) is 7. The third kappa shape index (κ3) is 5.83. The Morgan fingerprint density at radius 2 is 1.83 bits per heavy atom. The summed E-state index contributed by atoms with van der Waals surface area (Å²) in [5, 5.41) is 0.927. The molecule has 0 bridgehead atoms. The Morgan fingerprint density at radius 3 is 2.50 bits per heavy atom. The molecule has 192 valence electrons. The fraction of sp³-hybridized carbons (Fsp3) is 0.444. The van der Waals surface area contributed by atoms with Gasteiger partial charge < -0.3 is 13.9 Å². The van der Waals surface area contributed by atoms with Gasteiger partial charge in [-0.1, -0.05) is 30.3 Å². The van der Waals surface area contributed by atoms with Gasteiger partial charge in [-0.15, -0.1) is 0 Å². The van der Waals surface area contributed by atoms with Crippen LogP contribution in [0.3, 0.4) is 0 Å². The van der Waals surface area contributed by atoms with Crippen molar-refractivity contribution < 1.29 is 23.5 Å². The van der Waals surface area contributed by atoms with Gasteiger partial charge in [0.1, 0.15) is 24.0 Å². The van der Waals surface area contributed by atoms with Gasteiger partial charge >= 0.3 is 12.1 Å². The first-order chi connectivity index (χ1) is 17.0. The fourth-order valence-corrected chi connectivity index (χ4v) is 4.83. The average Bonchev–Trinajstić information content (AvgIpc) is 3.28. The third-order valence-electron chi connectivity index (χ3n) is 6.28. The van der Waals surface area contributed by atoms with E-state index in [1.165, 1.54) is 4.90 Å². The van der Waals surface area contributed by atoms with Crippen LogP contribution in [-0.4, -0.2) is 58.1 Å². The van der Waals surface area contributed by atoms with Crippen molar-refractivity contribution in [3.63, 3.8) is 0 Å². The predicted molar refractivity (Wildman–Crippen MR) is 144 cm³/mol. The lowest BCUT2D eigenvalue weighted by Crippen LogP contribution is -2.62. The van der Waals surface area contributed by atoms with E-state index < -0.39 is 29.2 Å². The molecule has 1 saturated heterocycles. The van der Waals surface area contributed by atoms with Gasteiger partial charge in [0.2, 0.25) is 0 Å². The van der Waals surface area contributed by atoms with Gasteiger partial charge in [-0.2, -0.15) is 0 Å². The summed E-state index contributed by atoms with van der Waals surface area (Å²) in [6, 6.07) is 10.7. The Kier molecular flexibility index (Phi) is 7.61. The summed E-state index contributed by atoms with van der Waals surface area (Å²) in [6.45, 7) is 10.8. The van der Waals surface area contributed by atoms with Crippen LogP contribution in [0.4, 0.5) is 4.79 Å². The first-order valence-electron chi connectivity index (χ1n) is 11.9. The molecule has 0 radical (unpaired) electrons. The molecule has 4 rings (SSSR count). The third-order valence-corrected chi connectivity index (χ3v) is 7.05. The standard InChI is InChI=1S/C27H32IN3O5/c1-26(2,3)36-25(33)31-12-11-30(16-21(31)24(32)34-17-18-9-7-6-8-10-18)27(4,5)22-13-19-14-29-15-20(28)23(19)35-22/h6-10,13-15,21H,11-12,16-17H2,1-5H3/t21-/m0/s1. The van der Waals surface area contributed by atoms with Crippen LogP contribution in [-0.2, 0) is 26.4 Å². The smallest absolute Gasteiger partial charge is 0.411 e. The average molecular weight is 605 g/mol. The molecule has 1 atom stereocenters. The highest BCUT2D eigenvalue weighted by atomic mass is 127. The molecule has 1 aromatic carbocycles. The summed E-state index contributed by atoms with van der Waals surface area (Å²) < 4.78 is 18.5. The maximum absolute atomic E-state index is 13.3. The van der Waals surface area contributed by atoms with E-state index >= 15 is 0 Å². The largest absolute Gasteiger partial charge is 0.459 e. The molecule has 9 heteroatoms. The first-order valence-corrected chi connectivity index (χ1v) is 13.0. The van der Waals surface area contributed by atoms with Crippen molar-refractivity contribution in [1.82, 2.24) is 14.8 Å². The van der Waals surface area contributed by atoms with Crippen LogP contribution in [0, 0.1) is 3.57 Å². The monoisotopic (exact) mass is 605 g/mol. The second-order valence-electron chi connectivity index (χ2n) is 10.4. The number of nitrogens with zero attached hydrogens (tertiary/aromatic N) is 3. The van der Waals surface area contributed by atoms with Crippen LogP contribution >= 0.6 is 22.6 Å². The number of halogens is 1. The van der Waals surface area contributed by atoms with Gasteiger partial charge in [0.05, 0.1) is 9.11 Å². The van der Waals surface area contributed by atoms with Gasteiger partial charge in [-0.05, 0) is 68.8 Å². The second kappa shape index (κ2) is 10.4. The molecule has 0 N–H and O–H groups in total. The number of carbonyl (C=O) groups excluding carboxylic acids is 2. The topological polar surface area (TPSA) is 85.1 Å². The minimum absolute atomic E-state index is 0.136. The van der Waals surface area contributed by atoms with E-state index in [2.05, 4.69) is 46.3 Å². The molecule has 2 aromatic heterocycles. The number of hydrogen-bond donors (Lipinski definition) is 0. The minimum atomic E-state index is -0.817. The Balaban J connectivity index is 1.57. The number of pyridine rings is 1. The van der Waals surface area contributed by atoms with Crippen molar-refractivity contribution in [2.45, 2.75) is 58.4 Å². The van der Waals surface area contributed by atoms with Crippen LogP contribution in [0.2, 0.25) is 0 Å². The molecule has 36 heavy (non-hydrogen) atoms. The van der Waals surface area contributed by atoms with Crippen LogP contribution in [0.1, 0.15) is 45.9 Å². The van der Waals surface area contributed by atoms with Gasteiger partial charge in [-0.3, -0.25) is 14.8 Å². The highest BCUT2D eigenvalue weighted by Gasteiger charge is 2.44. The molecule has 3 heterocycles. The van der Waals surface area contributed by atoms with E-state index in [1.54, 1.807) is 12.4 Å². The normalized spacial score (nSPS) is 17.3. The number of esters is 1. The summed E-state index contributed by atoms with van der Waals surface area (Å²) >= 11 is 2.21. The Labute approximate surface area is 225 Å². The summed E-state index contributed by atoms with van der Waals surface area (Å²) in [7, 11) is 0. The number of piperazine rings is 1. The number of carbonyl (C=O) groups is 2. The van der Waals surface area contributed by atoms with Gasteiger partial charge in [-0.25, -0.2) is 9.59 Å². The van der Waals surface area contributed by atoms with Gasteiger partial charge in [0.25, 0.3) is 0 Å². The zero-order valence-corrected chi connectivity index (χ0v) is 23.4. The summed E-state index contributed by atoms with van der Waals surface area (Å²) in [4.78, 5) is 34.2. The summed E-state index contributed by atoms with van der Waals surface area (Å²) in [6.07, 6.45) is 3.03. The lowest BCUT2D eigenvalue weighted by Gasteiger charge is -2.46. The summed E-state index contributed by atoms with van der Waals surface area (Å²) in [5.74, 6) is 0.305. The molecular formula is C27H32IN3O5. The van der Waals surface area contributed by atoms with E-state index in [1.807, 2.05) is 57.2 Å². The molecule has 3 aromatic rings. The molecule has 1 aliphatic heterocycles. The summed E-state index contributed by atoms with van der Waals surface area (Å²) in [5.41, 5.74) is 0.457. The molecule has 1 amide bonds. The molecule has 0 aliphatic carbocycles. The van der Waals surface area contributed by atoms with E-state index in [-0.39, 0.29) is 13.2 Å². The number of benzene rings is 1. The maximum atomic E-state index is 13.3. The van der Waals surface area contributed by atoms with Crippen LogP contribution in [0.15, 0.2) is 53.2 Å². The molecule has 1 aliphatic rings. The van der Waals surface area contributed by atoms with E-state index in [4.69, 9.17) is 13.9 Å². The highest BCUT2D eigenvalue weighted by Crippen LogP contribution is 2.35. The van der Waals surface area contributed by atoms with Gasteiger partial charge in [0.15, 0.2) is 5.58 Å². The second-order valence-corrected chi connectivity index (χ2v) is 11.6. The van der Waals surface area contributed by atoms with Crippen LogP contribution < -0.4 is 0 Å². The molecule has 8 nitrogen and oxygen atoms in total. The van der Waals surface area contributed by atoms with Crippen molar-refractivity contribution >= 4 is 45.6 Å². The number of amides is 1. The van der Waals surface area contributed by atoms with Gasteiger partial charge in [0, 0.05) is 37.4 Å². The Bertz CT molecular complexity index is 1240. The lowest BCUT2D eigenvalue weighted by molar-refractivity contribution is -0.155. The quantitative estimate of drug-likeness (QED) is 0.287. The van der Waals surface area contributed by atoms with Crippen LogP contribution in [0.25, 0.3) is 11.0 Å². The van der Waals surface area contributed by atoms with Crippen molar-refractivity contribution in [3.05, 3.63) is 63.7 Å². The lowest BCUT2D eigenvalue weighted by atomic mass is 9.96. The number of aromatic nitrogens is 1. The molecule has 0 saturated carbocycles. The van der Waals surface area contributed by atoms with Crippen molar-refractivity contribution in [3.8, 4) is 0 Å². The van der Waals surface area contributed by atoms with Crippen LogP contribution in [0.5, 0.6) is 0 Å². The van der Waals surface area contributed by atoms with E-state index in [0.29, 0.717) is 13.1 Å². The van der Waals surface area contributed by atoms with E-state index in [9.17, 15) is 9.59 Å². The molecule has 0 spiro atoms. The Hall–Kier alpha value is -2.66. The Morgan fingerprint density at radius 1 is 1.11 bits per heavy atom. The number of furan rings is 1. The minimum Gasteiger partial charge on any atom is -0.459 e. The first kappa shape index (κ1) is 26.4. The number of rotatable bonds is 5. The molecule has 0 unspecified atom stereocenters. The van der Waals surface area contributed by atoms with Crippen molar-refractivity contribution in [1.29, 1.82) is 0 Å². The number of ether oxygens (including phenoxy) is 2. The molecule has 1 fully saturated rings. The zero-order chi connectivity index (χ0) is 26.1. The fourth-order valence-electron chi connectivity index (χ4n) is 4.24. The predicted octanol–water partition coefficient (Wildman–Crippen LogP) is 5.33. The molecular weight excluding hydrogens is 573 g/mol. The van der Waals surface area contributed by atoms with Crippen molar-refractivity contribution in [2.75, 3.05) is 19.6 Å². The maximum Gasteiger partial charge on any atom is 0.411 e. The van der Waals surface area contributed by atoms with Crippen molar-refractivity contribution in [2.24, 2.45) is 0 Å².